The van der Waals surface area contributed by atoms with Crippen molar-refractivity contribution in [1.82, 2.24) is 5.32 Å². The van der Waals surface area contributed by atoms with Gasteiger partial charge in [0.1, 0.15) is 0 Å². The van der Waals surface area contributed by atoms with E-state index in [-0.39, 0.29) is 16.3 Å². The van der Waals surface area contributed by atoms with E-state index in [2.05, 4.69) is 10.0 Å². The second-order valence-corrected chi connectivity index (χ2v) is 11.8. The SMILES string of the molecule is Cc1cccc(NS(=O)(=O)c2cc(C(=O)NC34CC5CC(CC(C5)C3)C4)ccc2C)c1. The largest absolute Gasteiger partial charge is 0.347 e. The molecule has 164 valence electrons. The zero-order chi connectivity index (χ0) is 21.8. The van der Waals surface area contributed by atoms with Gasteiger partial charge in [0.2, 0.25) is 0 Å². The average molecular weight is 439 g/mol. The molecule has 0 aliphatic heterocycles. The molecule has 0 heterocycles. The number of carbonyl (C=O) groups excluding carboxylic acids is 1. The number of carbonyl (C=O) groups is 1. The van der Waals surface area contributed by atoms with Gasteiger partial charge in [0.25, 0.3) is 15.9 Å². The summed E-state index contributed by atoms with van der Waals surface area (Å²) < 4.78 is 28.8. The van der Waals surface area contributed by atoms with Crippen LogP contribution in [0.15, 0.2) is 47.4 Å². The summed E-state index contributed by atoms with van der Waals surface area (Å²) in [6.07, 6.45) is 7.13. The number of rotatable bonds is 5. The number of hydrogen-bond acceptors (Lipinski definition) is 3. The number of amides is 1. The van der Waals surface area contributed by atoms with Crippen LogP contribution in [0.3, 0.4) is 0 Å². The van der Waals surface area contributed by atoms with Crippen molar-refractivity contribution in [1.29, 1.82) is 0 Å². The zero-order valence-corrected chi connectivity index (χ0v) is 19.0. The van der Waals surface area contributed by atoms with Crippen LogP contribution < -0.4 is 10.0 Å². The van der Waals surface area contributed by atoms with E-state index < -0.39 is 10.0 Å². The standard InChI is InChI=1S/C25H30N2O3S/c1-16-4-3-5-22(8-16)27-31(29,30)23-12-21(7-6-17(23)2)24(28)26-25-13-18-9-19(14-25)11-20(10-18)15-25/h3-8,12,18-20,27H,9-11,13-15H2,1-2H3,(H,26,28). The van der Waals surface area contributed by atoms with Crippen LogP contribution in [0.1, 0.15) is 60.0 Å². The van der Waals surface area contributed by atoms with Gasteiger partial charge in [-0.25, -0.2) is 8.42 Å². The maximum Gasteiger partial charge on any atom is 0.262 e. The first-order valence-corrected chi connectivity index (χ1v) is 12.7. The molecule has 2 aromatic rings. The average Bonchev–Trinajstić information content (AvgIpc) is 2.66. The Balaban J connectivity index is 1.39. The topological polar surface area (TPSA) is 75.3 Å². The van der Waals surface area contributed by atoms with Crippen molar-refractivity contribution in [3.8, 4) is 0 Å². The van der Waals surface area contributed by atoms with Crippen molar-refractivity contribution in [3.63, 3.8) is 0 Å². The molecule has 4 fully saturated rings. The monoisotopic (exact) mass is 438 g/mol. The van der Waals surface area contributed by atoms with Crippen LogP contribution >= 0.6 is 0 Å². The fourth-order valence-corrected chi connectivity index (χ4v) is 7.85. The second-order valence-electron chi connectivity index (χ2n) is 10.1. The molecular formula is C25H30N2O3S. The third kappa shape index (κ3) is 3.98. The van der Waals surface area contributed by atoms with Crippen molar-refractivity contribution in [3.05, 3.63) is 59.2 Å². The third-order valence-corrected chi connectivity index (χ3v) is 8.95. The fourth-order valence-electron chi connectivity index (χ4n) is 6.53. The minimum absolute atomic E-state index is 0.102. The Morgan fingerprint density at radius 2 is 1.58 bits per heavy atom. The van der Waals surface area contributed by atoms with Crippen molar-refractivity contribution in [2.75, 3.05) is 4.72 Å². The van der Waals surface area contributed by atoms with Gasteiger partial charge < -0.3 is 5.32 Å². The molecule has 5 nitrogen and oxygen atoms in total. The first-order chi connectivity index (χ1) is 14.7. The van der Waals surface area contributed by atoms with Gasteiger partial charge in [-0.2, -0.15) is 0 Å². The number of hydrogen-bond donors (Lipinski definition) is 2. The molecule has 6 rings (SSSR count). The lowest BCUT2D eigenvalue weighted by molar-refractivity contribution is -0.0167. The summed E-state index contributed by atoms with van der Waals surface area (Å²) in [6.45, 7) is 3.67. The van der Waals surface area contributed by atoms with Crippen LogP contribution in [-0.2, 0) is 10.0 Å². The molecule has 0 spiro atoms. The van der Waals surface area contributed by atoms with E-state index in [9.17, 15) is 13.2 Å². The van der Waals surface area contributed by atoms with Crippen LogP contribution in [0.5, 0.6) is 0 Å². The molecule has 2 aromatic carbocycles. The smallest absolute Gasteiger partial charge is 0.262 e. The molecule has 0 radical (unpaired) electrons. The minimum atomic E-state index is -3.80. The van der Waals surface area contributed by atoms with Crippen molar-refractivity contribution < 1.29 is 13.2 Å². The van der Waals surface area contributed by atoms with E-state index in [1.165, 1.54) is 25.3 Å². The molecule has 6 heteroatoms. The van der Waals surface area contributed by atoms with Gasteiger partial charge in [0, 0.05) is 16.8 Å². The lowest BCUT2D eigenvalue weighted by Crippen LogP contribution is -2.59. The fraction of sp³-hybridized carbons (Fsp3) is 0.480. The van der Waals surface area contributed by atoms with Gasteiger partial charge in [0.05, 0.1) is 4.90 Å². The highest BCUT2D eigenvalue weighted by Crippen LogP contribution is 2.55. The van der Waals surface area contributed by atoms with E-state index in [1.807, 2.05) is 19.1 Å². The highest BCUT2D eigenvalue weighted by atomic mass is 32.2. The van der Waals surface area contributed by atoms with E-state index in [1.54, 1.807) is 31.2 Å². The molecule has 4 saturated carbocycles. The molecule has 4 aliphatic carbocycles. The predicted octanol–water partition coefficient (Wildman–Crippen LogP) is 4.80. The molecule has 0 saturated heterocycles. The van der Waals surface area contributed by atoms with Gasteiger partial charge in [-0.05, 0) is 106 Å². The molecule has 4 aliphatic rings. The summed E-state index contributed by atoms with van der Waals surface area (Å²) in [5.74, 6) is 2.05. The molecule has 1 amide bonds. The van der Waals surface area contributed by atoms with Crippen LogP contribution in [0, 0.1) is 31.6 Å². The highest BCUT2D eigenvalue weighted by Gasteiger charge is 2.51. The summed E-state index contributed by atoms with van der Waals surface area (Å²) >= 11 is 0. The molecule has 2 N–H and O–H groups in total. The van der Waals surface area contributed by atoms with Crippen molar-refractivity contribution in [2.24, 2.45) is 17.8 Å². The van der Waals surface area contributed by atoms with Crippen molar-refractivity contribution in [2.45, 2.75) is 62.8 Å². The van der Waals surface area contributed by atoms with Gasteiger partial charge in [-0.3, -0.25) is 9.52 Å². The Hall–Kier alpha value is -2.34. The molecule has 0 aromatic heterocycles. The summed E-state index contributed by atoms with van der Waals surface area (Å²) in [5, 5.41) is 3.34. The molecule has 0 unspecified atom stereocenters. The van der Waals surface area contributed by atoms with Crippen molar-refractivity contribution >= 4 is 21.6 Å². The lowest BCUT2D eigenvalue weighted by atomic mass is 9.53. The quantitative estimate of drug-likeness (QED) is 0.704. The molecular weight excluding hydrogens is 408 g/mol. The first-order valence-electron chi connectivity index (χ1n) is 11.2. The Kier molecular flexibility index (Phi) is 4.88. The van der Waals surface area contributed by atoms with Crippen LogP contribution in [0.2, 0.25) is 0 Å². The van der Waals surface area contributed by atoms with Crippen LogP contribution in [0.4, 0.5) is 5.69 Å². The number of aryl methyl sites for hydroxylation is 2. The van der Waals surface area contributed by atoms with E-state index in [0.29, 0.717) is 16.8 Å². The summed E-state index contributed by atoms with van der Waals surface area (Å²) in [4.78, 5) is 13.3. The Labute approximate surface area is 184 Å². The summed E-state index contributed by atoms with van der Waals surface area (Å²) in [6, 6.07) is 12.2. The normalized spacial score (nSPS) is 29.0. The number of nitrogens with one attached hydrogen (secondary N) is 2. The third-order valence-electron chi connectivity index (χ3n) is 7.43. The van der Waals surface area contributed by atoms with Gasteiger partial charge >= 0.3 is 0 Å². The van der Waals surface area contributed by atoms with Gasteiger partial charge in [-0.1, -0.05) is 18.2 Å². The maximum atomic E-state index is 13.2. The summed E-state index contributed by atoms with van der Waals surface area (Å²) in [5.41, 5.74) is 2.41. The lowest BCUT2D eigenvalue weighted by Gasteiger charge is -2.56. The minimum Gasteiger partial charge on any atom is -0.347 e. The van der Waals surface area contributed by atoms with Crippen LogP contribution in [-0.4, -0.2) is 19.9 Å². The molecule has 0 atom stereocenters. The predicted molar refractivity (Wildman–Crippen MR) is 122 cm³/mol. The van der Waals surface area contributed by atoms with Gasteiger partial charge in [0.15, 0.2) is 0 Å². The Morgan fingerprint density at radius 3 is 2.19 bits per heavy atom. The van der Waals surface area contributed by atoms with E-state index >= 15 is 0 Å². The number of anilines is 1. The summed E-state index contributed by atoms with van der Waals surface area (Å²) in [7, 11) is -3.80. The Bertz CT molecular complexity index is 1100. The molecule has 31 heavy (non-hydrogen) atoms. The molecule has 4 bridgehead atoms. The van der Waals surface area contributed by atoms with Gasteiger partial charge in [-0.15, -0.1) is 0 Å². The van der Waals surface area contributed by atoms with E-state index in [0.717, 1.165) is 42.6 Å². The van der Waals surface area contributed by atoms with Crippen LogP contribution in [0.25, 0.3) is 0 Å². The first kappa shape index (κ1) is 20.6. The van der Waals surface area contributed by atoms with E-state index in [4.69, 9.17) is 0 Å². The Morgan fingerprint density at radius 1 is 0.935 bits per heavy atom. The number of benzene rings is 2. The maximum absolute atomic E-state index is 13.2. The highest BCUT2D eigenvalue weighted by molar-refractivity contribution is 7.92. The second kappa shape index (κ2) is 7.37. The zero-order valence-electron chi connectivity index (χ0n) is 18.1. The number of sulfonamides is 1.